The van der Waals surface area contributed by atoms with Crippen LogP contribution in [0.3, 0.4) is 0 Å². The second-order valence-electron chi connectivity index (χ2n) is 4.25. The van der Waals surface area contributed by atoms with Gasteiger partial charge in [-0.1, -0.05) is 19.1 Å². The summed E-state index contributed by atoms with van der Waals surface area (Å²) in [4.78, 5) is 22.9. The zero-order valence-electron chi connectivity index (χ0n) is 9.86. The Morgan fingerprint density at radius 2 is 2.06 bits per heavy atom. The number of carbonyl (C=O) groups is 2. The Kier molecular flexibility index (Phi) is 5.02. The first-order valence-corrected chi connectivity index (χ1v) is 5.70. The number of carbonyl (C=O) groups excluding carboxylic acids is 2. The standard InChI is InChI=1S/C12H19NO3/c1-9-6-4-3-5-7-11(14)13-10(2)8-16-12(9)15/h3-4,9-10H,5-8H2,1-2H3,(H,13,14)/t9-,10?/m1/s1. The SMILES string of the molecule is CC1COC(=O)[C@H](C)CC=CCCC(=O)N1. The highest BCUT2D eigenvalue weighted by atomic mass is 16.5. The average molecular weight is 225 g/mol. The maximum Gasteiger partial charge on any atom is 0.309 e. The Bertz CT molecular complexity index is 286. The summed E-state index contributed by atoms with van der Waals surface area (Å²) in [5.41, 5.74) is 0. The molecule has 4 heteroatoms. The van der Waals surface area contributed by atoms with Gasteiger partial charge in [0.2, 0.25) is 5.91 Å². The van der Waals surface area contributed by atoms with Gasteiger partial charge in [-0.3, -0.25) is 9.59 Å². The van der Waals surface area contributed by atoms with Crippen LogP contribution in [-0.4, -0.2) is 24.5 Å². The molecule has 0 aromatic carbocycles. The van der Waals surface area contributed by atoms with Crippen LogP contribution in [0.2, 0.25) is 0 Å². The summed E-state index contributed by atoms with van der Waals surface area (Å²) >= 11 is 0. The van der Waals surface area contributed by atoms with Crippen LogP contribution in [0.4, 0.5) is 0 Å². The normalized spacial score (nSPS) is 28.6. The third kappa shape index (κ3) is 4.47. The monoisotopic (exact) mass is 225 g/mol. The second kappa shape index (κ2) is 6.30. The van der Waals surface area contributed by atoms with E-state index in [1.165, 1.54) is 0 Å². The van der Waals surface area contributed by atoms with E-state index in [2.05, 4.69) is 5.32 Å². The Balaban J connectivity index is 2.58. The molecule has 0 saturated heterocycles. The summed E-state index contributed by atoms with van der Waals surface area (Å²) in [6.45, 7) is 3.93. The highest BCUT2D eigenvalue weighted by Gasteiger charge is 2.15. The van der Waals surface area contributed by atoms with E-state index in [4.69, 9.17) is 4.74 Å². The predicted octanol–water partition coefficient (Wildman–Crippen LogP) is 1.41. The molecule has 1 amide bonds. The first-order valence-electron chi connectivity index (χ1n) is 5.70. The Morgan fingerprint density at radius 3 is 2.81 bits per heavy atom. The fourth-order valence-corrected chi connectivity index (χ4v) is 1.47. The molecule has 1 rings (SSSR count). The molecule has 1 N–H and O–H groups in total. The van der Waals surface area contributed by atoms with Crippen molar-refractivity contribution >= 4 is 11.9 Å². The van der Waals surface area contributed by atoms with Gasteiger partial charge in [0.1, 0.15) is 6.61 Å². The highest BCUT2D eigenvalue weighted by Crippen LogP contribution is 2.07. The van der Waals surface area contributed by atoms with Crippen LogP contribution < -0.4 is 5.32 Å². The van der Waals surface area contributed by atoms with Crippen molar-refractivity contribution in [1.29, 1.82) is 0 Å². The fourth-order valence-electron chi connectivity index (χ4n) is 1.47. The maximum absolute atomic E-state index is 11.5. The lowest BCUT2D eigenvalue weighted by molar-refractivity contribution is -0.149. The summed E-state index contributed by atoms with van der Waals surface area (Å²) in [6, 6.07) is -0.118. The Hall–Kier alpha value is -1.32. The van der Waals surface area contributed by atoms with Crippen molar-refractivity contribution in [3.05, 3.63) is 12.2 Å². The average Bonchev–Trinajstić information content (AvgIpc) is 2.23. The summed E-state index contributed by atoms with van der Waals surface area (Å²) in [7, 11) is 0. The van der Waals surface area contributed by atoms with Gasteiger partial charge in [0.15, 0.2) is 0 Å². The molecule has 0 saturated carbocycles. The van der Waals surface area contributed by atoms with Gasteiger partial charge in [0, 0.05) is 6.42 Å². The van der Waals surface area contributed by atoms with Gasteiger partial charge in [-0.25, -0.2) is 0 Å². The largest absolute Gasteiger partial charge is 0.463 e. The van der Waals surface area contributed by atoms with Gasteiger partial charge in [-0.15, -0.1) is 0 Å². The lowest BCUT2D eigenvalue weighted by Gasteiger charge is -2.16. The minimum Gasteiger partial charge on any atom is -0.463 e. The van der Waals surface area contributed by atoms with Crippen molar-refractivity contribution in [1.82, 2.24) is 5.32 Å². The zero-order valence-corrected chi connectivity index (χ0v) is 9.86. The van der Waals surface area contributed by atoms with Crippen LogP contribution in [-0.2, 0) is 14.3 Å². The molecule has 1 aliphatic heterocycles. The first kappa shape index (κ1) is 12.7. The molecule has 0 aromatic rings. The predicted molar refractivity (Wildman–Crippen MR) is 60.7 cm³/mol. The molecule has 4 nitrogen and oxygen atoms in total. The molecule has 90 valence electrons. The van der Waals surface area contributed by atoms with Crippen molar-refractivity contribution in [3.8, 4) is 0 Å². The number of hydrogen-bond acceptors (Lipinski definition) is 3. The molecule has 0 bridgehead atoms. The van der Waals surface area contributed by atoms with Crippen LogP contribution >= 0.6 is 0 Å². The van der Waals surface area contributed by atoms with Crippen molar-refractivity contribution in [3.63, 3.8) is 0 Å². The fraction of sp³-hybridized carbons (Fsp3) is 0.667. The summed E-state index contributed by atoms with van der Waals surface area (Å²) in [5.74, 6) is -0.313. The summed E-state index contributed by atoms with van der Waals surface area (Å²) in [6.07, 6.45) is 5.76. The number of hydrogen-bond donors (Lipinski definition) is 1. The molecule has 0 aromatic heterocycles. The third-order valence-corrected chi connectivity index (χ3v) is 2.48. The minimum atomic E-state index is -0.202. The number of esters is 1. The summed E-state index contributed by atoms with van der Waals surface area (Å²) < 4.78 is 5.10. The van der Waals surface area contributed by atoms with Gasteiger partial charge >= 0.3 is 5.97 Å². The molecule has 0 spiro atoms. The number of rotatable bonds is 0. The van der Waals surface area contributed by atoms with Crippen molar-refractivity contribution in [2.75, 3.05) is 6.61 Å². The van der Waals surface area contributed by atoms with Crippen molar-refractivity contribution in [2.45, 2.75) is 39.2 Å². The van der Waals surface area contributed by atoms with E-state index in [1.807, 2.05) is 26.0 Å². The van der Waals surface area contributed by atoms with Gasteiger partial charge in [0.05, 0.1) is 12.0 Å². The number of allylic oxidation sites excluding steroid dienone is 2. The van der Waals surface area contributed by atoms with E-state index in [-0.39, 0.29) is 30.4 Å². The second-order valence-corrected chi connectivity index (χ2v) is 4.25. The third-order valence-electron chi connectivity index (χ3n) is 2.48. The van der Waals surface area contributed by atoms with Gasteiger partial charge in [-0.05, 0) is 19.8 Å². The van der Waals surface area contributed by atoms with E-state index >= 15 is 0 Å². The minimum absolute atomic E-state index is 0.00169. The van der Waals surface area contributed by atoms with E-state index in [9.17, 15) is 9.59 Å². The van der Waals surface area contributed by atoms with Gasteiger partial charge in [-0.2, -0.15) is 0 Å². The Morgan fingerprint density at radius 1 is 1.31 bits per heavy atom. The van der Waals surface area contributed by atoms with E-state index < -0.39 is 0 Å². The van der Waals surface area contributed by atoms with E-state index in [0.717, 1.165) is 6.42 Å². The van der Waals surface area contributed by atoms with Crippen molar-refractivity contribution < 1.29 is 14.3 Å². The molecule has 1 aliphatic rings. The van der Waals surface area contributed by atoms with Crippen LogP contribution in [0.5, 0.6) is 0 Å². The number of amides is 1. The quantitative estimate of drug-likeness (QED) is 0.501. The smallest absolute Gasteiger partial charge is 0.309 e. The van der Waals surface area contributed by atoms with Crippen LogP contribution in [0.1, 0.15) is 33.1 Å². The van der Waals surface area contributed by atoms with E-state index in [1.54, 1.807) is 0 Å². The zero-order chi connectivity index (χ0) is 12.0. The molecule has 1 unspecified atom stereocenters. The lowest BCUT2D eigenvalue weighted by atomic mass is 10.1. The van der Waals surface area contributed by atoms with Gasteiger partial charge in [0.25, 0.3) is 0 Å². The number of nitrogens with one attached hydrogen (secondary N) is 1. The Labute approximate surface area is 96.0 Å². The van der Waals surface area contributed by atoms with Crippen LogP contribution in [0.25, 0.3) is 0 Å². The molecule has 16 heavy (non-hydrogen) atoms. The first-order chi connectivity index (χ1) is 7.59. The van der Waals surface area contributed by atoms with Gasteiger partial charge < -0.3 is 10.1 Å². The topological polar surface area (TPSA) is 55.4 Å². The molecule has 1 heterocycles. The molecule has 2 atom stereocenters. The molecular weight excluding hydrogens is 206 g/mol. The molecule has 0 aliphatic carbocycles. The van der Waals surface area contributed by atoms with Crippen LogP contribution in [0, 0.1) is 5.92 Å². The highest BCUT2D eigenvalue weighted by molar-refractivity contribution is 5.76. The van der Waals surface area contributed by atoms with Crippen molar-refractivity contribution in [2.24, 2.45) is 5.92 Å². The number of cyclic esters (lactones) is 1. The molecular formula is C12H19NO3. The van der Waals surface area contributed by atoms with E-state index in [0.29, 0.717) is 12.8 Å². The molecule has 0 radical (unpaired) electrons. The lowest BCUT2D eigenvalue weighted by Crippen LogP contribution is -2.37. The molecule has 0 fully saturated rings. The maximum atomic E-state index is 11.5. The summed E-state index contributed by atoms with van der Waals surface area (Å²) in [5, 5.41) is 2.78. The number of ether oxygens (including phenoxy) is 1. The van der Waals surface area contributed by atoms with Crippen LogP contribution in [0.15, 0.2) is 12.2 Å².